The maximum atomic E-state index is 12.9. The predicted molar refractivity (Wildman–Crippen MR) is 106 cm³/mol. The van der Waals surface area contributed by atoms with E-state index in [2.05, 4.69) is 10.4 Å². The maximum absolute atomic E-state index is 12.9. The highest BCUT2D eigenvalue weighted by atomic mass is 16.5. The second-order valence-corrected chi connectivity index (χ2v) is 6.65. The molecule has 0 radical (unpaired) electrons. The van der Waals surface area contributed by atoms with Crippen molar-refractivity contribution in [2.45, 2.75) is 6.42 Å². The molecule has 3 aromatic rings. The number of anilines is 1. The molecule has 2 N–H and O–H groups in total. The molecule has 1 heterocycles. The van der Waals surface area contributed by atoms with Crippen molar-refractivity contribution in [2.75, 3.05) is 19.5 Å². The van der Waals surface area contributed by atoms with Gasteiger partial charge >= 0.3 is 5.97 Å². The Morgan fingerprint density at radius 3 is 2.52 bits per heavy atom. The molecular formula is C21H19N3O5. The van der Waals surface area contributed by atoms with Gasteiger partial charge < -0.3 is 19.9 Å². The fourth-order valence-electron chi connectivity index (χ4n) is 3.69. The lowest BCUT2D eigenvalue weighted by atomic mass is 10.1. The Kier molecular flexibility index (Phi) is 4.46. The van der Waals surface area contributed by atoms with Crippen molar-refractivity contribution in [3.8, 4) is 22.8 Å². The summed E-state index contributed by atoms with van der Waals surface area (Å²) < 4.78 is 12.4. The molecule has 1 amide bonds. The number of aromatic nitrogens is 2. The summed E-state index contributed by atoms with van der Waals surface area (Å²) in [5.41, 5.74) is 4.05. The lowest BCUT2D eigenvalue weighted by Crippen LogP contribution is -2.17. The van der Waals surface area contributed by atoms with E-state index in [0.717, 1.165) is 22.4 Å². The number of amides is 1. The van der Waals surface area contributed by atoms with Crippen molar-refractivity contribution < 1.29 is 24.2 Å². The Morgan fingerprint density at radius 2 is 1.83 bits per heavy atom. The zero-order chi connectivity index (χ0) is 20.7. The summed E-state index contributed by atoms with van der Waals surface area (Å²) in [7, 11) is 4.92. The van der Waals surface area contributed by atoms with E-state index in [0.29, 0.717) is 17.9 Å². The second kappa shape index (κ2) is 6.97. The Labute approximate surface area is 166 Å². The molecular weight excluding hydrogens is 374 g/mol. The van der Waals surface area contributed by atoms with E-state index >= 15 is 0 Å². The number of hydrogen-bond acceptors (Lipinski definition) is 5. The number of aryl methyl sites for hydroxylation is 1. The number of carboxylic acid groups (broad SMARTS) is 1. The topological polar surface area (TPSA) is 103 Å². The number of fused-ring (bicyclic) bond motifs is 3. The third-order valence-electron chi connectivity index (χ3n) is 5.00. The van der Waals surface area contributed by atoms with Crippen molar-refractivity contribution in [3.05, 3.63) is 58.8 Å². The minimum absolute atomic E-state index is 0.0196. The third kappa shape index (κ3) is 2.98. The highest BCUT2D eigenvalue weighted by Gasteiger charge is 2.31. The van der Waals surface area contributed by atoms with E-state index in [4.69, 9.17) is 9.47 Å². The molecule has 0 atom stereocenters. The summed E-state index contributed by atoms with van der Waals surface area (Å²) in [5, 5.41) is 16.4. The molecule has 0 fully saturated rings. The van der Waals surface area contributed by atoms with Crippen LogP contribution < -0.4 is 14.8 Å². The number of carbonyl (C=O) groups excluding carboxylic acids is 1. The van der Waals surface area contributed by atoms with Crippen LogP contribution in [0.3, 0.4) is 0 Å². The van der Waals surface area contributed by atoms with Crippen LogP contribution in [0, 0.1) is 0 Å². The lowest BCUT2D eigenvalue weighted by Gasteiger charge is -2.11. The zero-order valence-electron chi connectivity index (χ0n) is 16.1. The van der Waals surface area contributed by atoms with Crippen LogP contribution in [0.4, 0.5) is 5.69 Å². The normalized spacial score (nSPS) is 11.6. The quantitative estimate of drug-likeness (QED) is 0.540. The largest absolute Gasteiger partial charge is 0.493 e. The lowest BCUT2D eigenvalue weighted by molar-refractivity contribution is 0.0698. The molecule has 2 aromatic carbocycles. The van der Waals surface area contributed by atoms with Crippen molar-refractivity contribution >= 4 is 17.6 Å². The number of carboxylic acids is 1. The standard InChI is InChI=1S/C21H19N3O5/c1-24-19-13-10-17(29-3)16(28-2)9-11(13)8-14(19)18(23-24)20(25)22-15-7-5-4-6-12(15)21(26)27/h4-7,9-10H,8H2,1-3H3,(H,22,25)(H,26,27). The van der Waals surface area contributed by atoms with Gasteiger partial charge in [0, 0.05) is 24.6 Å². The third-order valence-corrected chi connectivity index (χ3v) is 5.00. The first kappa shape index (κ1) is 18.5. The monoisotopic (exact) mass is 393 g/mol. The number of carbonyl (C=O) groups is 2. The SMILES string of the molecule is COc1cc2c(cc1OC)-c1c(c(C(=O)Nc3ccccc3C(=O)O)nn1C)C2. The molecule has 148 valence electrons. The molecule has 0 bridgehead atoms. The highest BCUT2D eigenvalue weighted by Crippen LogP contribution is 2.43. The summed E-state index contributed by atoms with van der Waals surface area (Å²) in [6, 6.07) is 10.0. The fraction of sp³-hybridized carbons (Fsp3) is 0.190. The first-order valence-electron chi connectivity index (χ1n) is 8.89. The van der Waals surface area contributed by atoms with Crippen LogP contribution in [0.2, 0.25) is 0 Å². The number of benzene rings is 2. The Hall–Kier alpha value is -3.81. The summed E-state index contributed by atoms with van der Waals surface area (Å²) in [4.78, 5) is 24.3. The predicted octanol–water partition coefficient (Wildman–Crippen LogP) is 2.96. The van der Waals surface area contributed by atoms with Crippen LogP contribution in [0.1, 0.15) is 32.0 Å². The summed E-state index contributed by atoms with van der Waals surface area (Å²) in [6.07, 6.45) is 0.516. The molecule has 8 heteroatoms. The Bertz CT molecular complexity index is 1150. The number of methoxy groups -OCH3 is 2. The number of rotatable bonds is 5. The van der Waals surface area contributed by atoms with Crippen LogP contribution in [-0.4, -0.2) is 41.0 Å². The van der Waals surface area contributed by atoms with Gasteiger partial charge in [-0.05, 0) is 29.8 Å². The molecule has 0 unspecified atom stereocenters. The summed E-state index contributed by atoms with van der Waals surface area (Å²) >= 11 is 0. The molecule has 1 aromatic heterocycles. The average Bonchev–Trinajstić information content (AvgIpc) is 3.23. The van der Waals surface area contributed by atoms with Crippen molar-refractivity contribution in [1.29, 1.82) is 0 Å². The van der Waals surface area contributed by atoms with E-state index in [1.165, 1.54) is 6.07 Å². The van der Waals surface area contributed by atoms with E-state index in [1.54, 1.807) is 44.1 Å². The van der Waals surface area contributed by atoms with Crippen LogP contribution in [0.25, 0.3) is 11.3 Å². The van der Waals surface area contributed by atoms with Gasteiger partial charge in [-0.1, -0.05) is 12.1 Å². The van der Waals surface area contributed by atoms with Gasteiger partial charge in [0.05, 0.1) is 31.2 Å². The van der Waals surface area contributed by atoms with Gasteiger partial charge in [0.1, 0.15) is 0 Å². The molecule has 29 heavy (non-hydrogen) atoms. The number of aromatic carboxylic acids is 1. The van der Waals surface area contributed by atoms with Crippen LogP contribution in [-0.2, 0) is 13.5 Å². The number of ether oxygens (including phenoxy) is 2. The number of para-hydroxylation sites is 1. The first-order valence-corrected chi connectivity index (χ1v) is 8.89. The Morgan fingerprint density at radius 1 is 1.14 bits per heavy atom. The van der Waals surface area contributed by atoms with E-state index in [9.17, 15) is 14.7 Å². The molecule has 8 nitrogen and oxygen atoms in total. The minimum atomic E-state index is -1.11. The van der Waals surface area contributed by atoms with Crippen molar-refractivity contribution in [1.82, 2.24) is 9.78 Å². The summed E-state index contributed by atoms with van der Waals surface area (Å²) in [5.74, 6) is -0.351. The van der Waals surface area contributed by atoms with Gasteiger partial charge in [-0.3, -0.25) is 9.48 Å². The van der Waals surface area contributed by atoms with Gasteiger partial charge in [0.25, 0.3) is 5.91 Å². The smallest absolute Gasteiger partial charge is 0.337 e. The summed E-state index contributed by atoms with van der Waals surface area (Å²) in [6.45, 7) is 0. The van der Waals surface area contributed by atoms with Gasteiger partial charge in [0.2, 0.25) is 0 Å². The minimum Gasteiger partial charge on any atom is -0.493 e. The number of nitrogens with zero attached hydrogens (tertiary/aromatic N) is 2. The maximum Gasteiger partial charge on any atom is 0.337 e. The fourth-order valence-corrected chi connectivity index (χ4v) is 3.69. The van der Waals surface area contributed by atoms with Gasteiger partial charge in [-0.15, -0.1) is 0 Å². The van der Waals surface area contributed by atoms with Crippen LogP contribution in [0.15, 0.2) is 36.4 Å². The zero-order valence-corrected chi connectivity index (χ0v) is 16.1. The van der Waals surface area contributed by atoms with Crippen molar-refractivity contribution in [3.63, 3.8) is 0 Å². The van der Waals surface area contributed by atoms with E-state index in [1.807, 2.05) is 12.1 Å². The van der Waals surface area contributed by atoms with Gasteiger partial charge in [-0.2, -0.15) is 5.10 Å². The van der Waals surface area contributed by atoms with E-state index < -0.39 is 11.9 Å². The van der Waals surface area contributed by atoms with Gasteiger partial charge in [0.15, 0.2) is 17.2 Å². The second-order valence-electron chi connectivity index (χ2n) is 6.65. The van der Waals surface area contributed by atoms with Crippen LogP contribution in [0.5, 0.6) is 11.5 Å². The number of hydrogen-bond donors (Lipinski definition) is 2. The molecule has 1 aliphatic rings. The van der Waals surface area contributed by atoms with Crippen molar-refractivity contribution in [2.24, 2.45) is 7.05 Å². The molecule has 4 rings (SSSR count). The Balaban J connectivity index is 1.73. The van der Waals surface area contributed by atoms with E-state index in [-0.39, 0.29) is 16.9 Å². The molecule has 0 aliphatic heterocycles. The van der Waals surface area contributed by atoms with Gasteiger partial charge in [-0.25, -0.2) is 4.79 Å². The molecule has 0 saturated carbocycles. The average molecular weight is 393 g/mol. The van der Waals surface area contributed by atoms with Crippen LogP contribution >= 0.6 is 0 Å². The molecule has 0 spiro atoms. The number of nitrogens with one attached hydrogen (secondary N) is 1. The molecule has 0 saturated heterocycles. The first-order chi connectivity index (χ1) is 13.9. The highest BCUT2D eigenvalue weighted by molar-refractivity contribution is 6.08. The molecule has 1 aliphatic carbocycles.